The fraction of sp³-hybridized carbons (Fsp3) is 0. The van der Waals surface area contributed by atoms with Crippen LogP contribution in [0.1, 0.15) is 10.4 Å². The highest BCUT2D eigenvalue weighted by Crippen LogP contribution is 2.32. The zero-order valence-electron chi connectivity index (χ0n) is 15.6. The SMILES string of the molecule is O=C(Nc1ccc(-c2ccc(Br)cc2)cc1Nc1ccccc1)c1ccccc1. The molecule has 4 rings (SSSR count). The van der Waals surface area contributed by atoms with Gasteiger partial charge in [0, 0.05) is 15.7 Å². The maximum absolute atomic E-state index is 12.7. The summed E-state index contributed by atoms with van der Waals surface area (Å²) in [6, 6.07) is 33.3. The van der Waals surface area contributed by atoms with E-state index in [1.165, 1.54) is 0 Å². The first-order valence-electron chi connectivity index (χ1n) is 9.27. The lowest BCUT2D eigenvalue weighted by Gasteiger charge is -2.15. The predicted molar refractivity (Wildman–Crippen MR) is 124 cm³/mol. The lowest BCUT2D eigenvalue weighted by Crippen LogP contribution is -2.13. The number of anilines is 3. The van der Waals surface area contributed by atoms with E-state index < -0.39 is 0 Å². The quantitative estimate of drug-likeness (QED) is 0.345. The van der Waals surface area contributed by atoms with Gasteiger partial charge in [-0.1, -0.05) is 70.5 Å². The highest BCUT2D eigenvalue weighted by molar-refractivity contribution is 9.10. The maximum atomic E-state index is 12.7. The first kappa shape index (κ1) is 19.0. The van der Waals surface area contributed by atoms with Crippen molar-refractivity contribution >= 4 is 38.9 Å². The summed E-state index contributed by atoms with van der Waals surface area (Å²) in [7, 11) is 0. The summed E-state index contributed by atoms with van der Waals surface area (Å²) in [5, 5.41) is 6.45. The number of carbonyl (C=O) groups is 1. The number of hydrogen-bond donors (Lipinski definition) is 2. The number of nitrogens with one attached hydrogen (secondary N) is 2. The first-order chi connectivity index (χ1) is 14.2. The Morgan fingerprint density at radius 1 is 0.655 bits per heavy atom. The normalized spacial score (nSPS) is 10.4. The average Bonchev–Trinajstić information content (AvgIpc) is 2.77. The molecule has 0 bridgehead atoms. The van der Waals surface area contributed by atoms with Crippen molar-refractivity contribution in [3.05, 3.63) is 113 Å². The standard InChI is InChI=1S/C25H19BrN2O/c26-21-14-11-18(12-15-21)20-13-16-23(28-25(29)19-7-3-1-4-8-19)24(17-20)27-22-9-5-2-6-10-22/h1-17,27H,(H,28,29). The van der Waals surface area contributed by atoms with E-state index in [1.54, 1.807) is 12.1 Å². The molecule has 4 aromatic carbocycles. The Labute approximate surface area is 178 Å². The number of para-hydroxylation sites is 1. The van der Waals surface area contributed by atoms with Crippen LogP contribution in [0.5, 0.6) is 0 Å². The molecule has 0 aliphatic rings. The van der Waals surface area contributed by atoms with Crippen LogP contribution >= 0.6 is 15.9 Å². The monoisotopic (exact) mass is 442 g/mol. The van der Waals surface area contributed by atoms with Crippen molar-refractivity contribution in [3.8, 4) is 11.1 Å². The van der Waals surface area contributed by atoms with Crippen LogP contribution in [0.4, 0.5) is 17.1 Å². The summed E-state index contributed by atoms with van der Waals surface area (Å²) in [6.07, 6.45) is 0. The van der Waals surface area contributed by atoms with Gasteiger partial charge in [-0.2, -0.15) is 0 Å². The molecule has 3 nitrogen and oxygen atoms in total. The summed E-state index contributed by atoms with van der Waals surface area (Å²) < 4.78 is 1.04. The van der Waals surface area contributed by atoms with Gasteiger partial charge in [-0.3, -0.25) is 4.79 Å². The zero-order chi connectivity index (χ0) is 20.1. The Morgan fingerprint density at radius 2 is 1.28 bits per heavy atom. The molecule has 0 aliphatic carbocycles. The number of rotatable bonds is 5. The Morgan fingerprint density at radius 3 is 1.97 bits per heavy atom. The maximum Gasteiger partial charge on any atom is 0.255 e. The molecule has 0 aliphatic heterocycles. The minimum absolute atomic E-state index is 0.141. The minimum Gasteiger partial charge on any atom is -0.354 e. The molecule has 4 aromatic rings. The summed E-state index contributed by atoms with van der Waals surface area (Å²) in [5.74, 6) is -0.141. The van der Waals surface area contributed by atoms with Crippen molar-refractivity contribution in [1.82, 2.24) is 0 Å². The van der Waals surface area contributed by atoms with Crippen LogP contribution in [0.3, 0.4) is 0 Å². The van der Waals surface area contributed by atoms with Crippen LogP contribution < -0.4 is 10.6 Å². The van der Waals surface area contributed by atoms with Gasteiger partial charge in [0.25, 0.3) is 5.91 Å². The third kappa shape index (κ3) is 4.73. The van der Waals surface area contributed by atoms with Crippen LogP contribution in [0.25, 0.3) is 11.1 Å². The number of carbonyl (C=O) groups excluding carboxylic acids is 1. The smallest absolute Gasteiger partial charge is 0.255 e. The number of benzene rings is 4. The van der Waals surface area contributed by atoms with E-state index in [-0.39, 0.29) is 5.91 Å². The zero-order valence-corrected chi connectivity index (χ0v) is 17.2. The summed E-state index contributed by atoms with van der Waals surface area (Å²) in [6.45, 7) is 0. The average molecular weight is 443 g/mol. The first-order valence-corrected chi connectivity index (χ1v) is 10.1. The summed E-state index contributed by atoms with van der Waals surface area (Å²) >= 11 is 3.48. The largest absolute Gasteiger partial charge is 0.354 e. The molecule has 1 amide bonds. The molecule has 4 heteroatoms. The van der Waals surface area contributed by atoms with Gasteiger partial charge >= 0.3 is 0 Å². The van der Waals surface area contributed by atoms with Crippen molar-refractivity contribution in [2.75, 3.05) is 10.6 Å². The van der Waals surface area contributed by atoms with Gasteiger partial charge in [-0.05, 0) is 59.7 Å². The molecular formula is C25H19BrN2O. The number of halogens is 1. The topological polar surface area (TPSA) is 41.1 Å². The highest BCUT2D eigenvalue weighted by atomic mass is 79.9. The van der Waals surface area contributed by atoms with E-state index in [2.05, 4.69) is 44.8 Å². The molecule has 29 heavy (non-hydrogen) atoms. The number of amides is 1. The Balaban J connectivity index is 1.69. The molecule has 0 fully saturated rings. The second kappa shape index (κ2) is 8.76. The van der Waals surface area contributed by atoms with E-state index in [1.807, 2.05) is 72.8 Å². The fourth-order valence-corrected chi connectivity index (χ4v) is 3.30. The van der Waals surface area contributed by atoms with Gasteiger partial charge in [0.15, 0.2) is 0 Å². The second-order valence-corrected chi connectivity index (χ2v) is 7.49. The molecule has 0 aromatic heterocycles. The van der Waals surface area contributed by atoms with Gasteiger partial charge in [0.1, 0.15) is 0 Å². The highest BCUT2D eigenvalue weighted by Gasteiger charge is 2.11. The van der Waals surface area contributed by atoms with Gasteiger partial charge in [-0.15, -0.1) is 0 Å². The molecule has 0 radical (unpaired) electrons. The van der Waals surface area contributed by atoms with Crippen molar-refractivity contribution < 1.29 is 4.79 Å². The Bertz CT molecular complexity index is 1110. The molecule has 142 valence electrons. The molecule has 0 spiro atoms. The van der Waals surface area contributed by atoms with Crippen molar-refractivity contribution in [2.45, 2.75) is 0 Å². The van der Waals surface area contributed by atoms with E-state index in [9.17, 15) is 4.79 Å². The van der Waals surface area contributed by atoms with Gasteiger partial charge < -0.3 is 10.6 Å². The van der Waals surface area contributed by atoms with E-state index >= 15 is 0 Å². The van der Waals surface area contributed by atoms with Crippen molar-refractivity contribution in [1.29, 1.82) is 0 Å². The van der Waals surface area contributed by atoms with Crippen LogP contribution in [-0.4, -0.2) is 5.91 Å². The number of hydrogen-bond acceptors (Lipinski definition) is 2. The predicted octanol–water partition coefficient (Wildman–Crippen LogP) is 7.11. The van der Waals surface area contributed by atoms with E-state index in [0.29, 0.717) is 5.56 Å². The lowest BCUT2D eigenvalue weighted by atomic mass is 10.0. The van der Waals surface area contributed by atoms with Gasteiger partial charge in [-0.25, -0.2) is 0 Å². The van der Waals surface area contributed by atoms with E-state index in [4.69, 9.17) is 0 Å². The van der Waals surface area contributed by atoms with E-state index in [0.717, 1.165) is 32.7 Å². The fourth-order valence-electron chi connectivity index (χ4n) is 3.04. The van der Waals surface area contributed by atoms with Crippen molar-refractivity contribution in [2.24, 2.45) is 0 Å². The minimum atomic E-state index is -0.141. The third-order valence-electron chi connectivity index (χ3n) is 4.53. The third-order valence-corrected chi connectivity index (χ3v) is 5.06. The van der Waals surface area contributed by atoms with Crippen LogP contribution in [0.15, 0.2) is 108 Å². The molecule has 0 saturated carbocycles. The molecular weight excluding hydrogens is 424 g/mol. The molecule has 0 saturated heterocycles. The van der Waals surface area contributed by atoms with Gasteiger partial charge in [0.05, 0.1) is 11.4 Å². The van der Waals surface area contributed by atoms with Crippen molar-refractivity contribution in [3.63, 3.8) is 0 Å². The molecule has 0 unspecified atom stereocenters. The second-order valence-electron chi connectivity index (χ2n) is 6.58. The van der Waals surface area contributed by atoms with Crippen LogP contribution in [0, 0.1) is 0 Å². The molecule has 2 N–H and O–H groups in total. The van der Waals surface area contributed by atoms with Gasteiger partial charge in [0.2, 0.25) is 0 Å². The Hall–Kier alpha value is -3.37. The molecule has 0 atom stereocenters. The summed E-state index contributed by atoms with van der Waals surface area (Å²) in [5.41, 5.74) is 5.30. The Kier molecular flexibility index (Phi) is 5.73. The van der Waals surface area contributed by atoms with Crippen LogP contribution in [0.2, 0.25) is 0 Å². The summed E-state index contributed by atoms with van der Waals surface area (Å²) in [4.78, 5) is 12.7. The molecule has 0 heterocycles. The van der Waals surface area contributed by atoms with Crippen LogP contribution in [-0.2, 0) is 0 Å². The lowest BCUT2D eigenvalue weighted by molar-refractivity contribution is 0.102.